The second-order valence-electron chi connectivity index (χ2n) is 6.43. The summed E-state index contributed by atoms with van der Waals surface area (Å²) in [6.07, 6.45) is -2.22. The van der Waals surface area contributed by atoms with Crippen LogP contribution in [0.1, 0.15) is 23.1 Å². The SMILES string of the molecule is CCS(=O)(=O)c1nn2c(C(=O)NOC)ccnc2c1-c1ccn2nc(C(F)(F)F)cc2n1. The van der Waals surface area contributed by atoms with Crippen LogP contribution in [0.2, 0.25) is 0 Å². The molecule has 4 rings (SSSR count). The van der Waals surface area contributed by atoms with Gasteiger partial charge in [-0.1, -0.05) is 6.92 Å². The van der Waals surface area contributed by atoms with Gasteiger partial charge in [0.15, 0.2) is 31.9 Å². The maximum absolute atomic E-state index is 13.0. The van der Waals surface area contributed by atoms with Gasteiger partial charge in [-0.3, -0.25) is 9.63 Å². The molecule has 0 aliphatic rings. The minimum atomic E-state index is -4.68. The number of hydroxylamine groups is 1. The standard InChI is InChI=1S/C17H14F3N7O4S/c1-3-32(29,30)16-13(14-21-6-4-10(27(14)24-16)15(28)25-31-2)9-5-7-26-12(22-9)8-11(23-26)17(18,19)20/h4-8H,3H2,1-2H3,(H,25,28). The summed E-state index contributed by atoms with van der Waals surface area (Å²) in [7, 11) is -2.72. The molecule has 1 N–H and O–H groups in total. The molecule has 0 saturated heterocycles. The van der Waals surface area contributed by atoms with Crippen molar-refractivity contribution in [3.63, 3.8) is 0 Å². The number of nitrogens with one attached hydrogen (secondary N) is 1. The molecule has 1 amide bonds. The summed E-state index contributed by atoms with van der Waals surface area (Å²) < 4.78 is 66.4. The summed E-state index contributed by atoms with van der Waals surface area (Å²) in [6.45, 7) is 1.40. The molecule has 0 bridgehead atoms. The fourth-order valence-corrected chi connectivity index (χ4v) is 3.97. The molecule has 4 aromatic rings. The number of carbonyl (C=O) groups is 1. The third-order valence-corrected chi connectivity index (χ3v) is 6.09. The second-order valence-corrected chi connectivity index (χ2v) is 8.62. The summed E-state index contributed by atoms with van der Waals surface area (Å²) in [6, 6.07) is 3.31. The molecule has 4 aromatic heterocycles. The highest BCUT2D eigenvalue weighted by Crippen LogP contribution is 2.32. The van der Waals surface area contributed by atoms with Gasteiger partial charge in [-0.25, -0.2) is 32.9 Å². The van der Waals surface area contributed by atoms with E-state index in [0.29, 0.717) is 0 Å². The molecule has 11 nitrogen and oxygen atoms in total. The van der Waals surface area contributed by atoms with Crippen molar-refractivity contribution in [1.82, 2.24) is 34.7 Å². The summed E-state index contributed by atoms with van der Waals surface area (Å²) in [4.78, 5) is 25.2. The lowest BCUT2D eigenvalue weighted by atomic mass is 10.2. The Kier molecular flexibility index (Phi) is 5.09. The fourth-order valence-electron chi connectivity index (χ4n) is 2.98. The van der Waals surface area contributed by atoms with Crippen molar-refractivity contribution in [1.29, 1.82) is 0 Å². The average Bonchev–Trinajstić information content (AvgIpc) is 3.35. The maximum atomic E-state index is 13.0. The van der Waals surface area contributed by atoms with Crippen molar-refractivity contribution >= 4 is 27.0 Å². The lowest BCUT2D eigenvalue weighted by Crippen LogP contribution is -2.24. The fraction of sp³-hybridized carbons (Fsp3) is 0.235. The lowest BCUT2D eigenvalue weighted by Gasteiger charge is -2.04. The van der Waals surface area contributed by atoms with Crippen LogP contribution >= 0.6 is 0 Å². The van der Waals surface area contributed by atoms with Gasteiger partial charge in [0, 0.05) is 18.5 Å². The predicted octanol–water partition coefficient (Wildman–Crippen LogP) is 1.54. The van der Waals surface area contributed by atoms with Gasteiger partial charge in [0.2, 0.25) is 0 Å². The first-order valence-electron chi connectivity index (χ1n) is 8.94. The number of alkyl halides is 3. The Morgan fingerprint density at radius 3 is 2.66 bits per heavy atom. The molecule has 168 valence electrons. The lowest BCUT2D eigenvalue weighted by molar-refractivity contribution is -0.141. The minimum Gasteiger partial charge on any atom is -0.277 e. The summed E-state index contributed by atoms with van der Waals surface area (Å²) >= 11 is 0. The van der Waals surface area contributed by atoms with Crippen molar-refractivity contribution in [2.45, 2.75) is 18.1 Å². The highest BCUT2D eigenvalue weighted by Gasteiger charge is 2.34. The number of carbonyl (C=O) groups excluding carboxylic acids is 1. The van der Waals surface area contributed by atoms with Crippen molar-refractivity contribution in [2.24, 2.45) is 0 Å². The molecule has 0 saturated carbocycles. The number of sulfone groups is 1. The van der Waals surface area contributed by atoms with E-state index in [1.807, 2.05) is 0 Å². The molecule has 0 aliphatic carbocycles. The monoisotopic (exact) mass is 469 g/mol. The third-order valence-electron chi connectivity index (χ3n) is 4.46. The van der Waals surface area contributed by atoms with Gasteiger partial charge in [-0.05, 0) is 12.1 Å². The number of hydrogen-bond donors (Lipinski definition) is 1. The van der Waals surface area contributed by atoms with Crippen molar-refractivity contribution < 1.29 is 31.2 Å². The Labute approximate surface area is 177 Å². The quantitative estimate of drug-likeness (QED) is 0.435. The van der Waals surface area contributed by atoms with Crippen LogP contribution in [0.4, 0.5) is 13.2 Å². The molecule has 0 radical (unpaired) electrons. The topological polar surface area (TPSA) is 133 Å². The Balaban J connectivity index is 2.01. The smallest absolute Gasteiger partial charge is 0.277 e. The molecule has 15 heteroatoms. The van der Waals surface area contributed by atoms with E-state index in [0.717, 1.165) is 15.1 Å². The minimum absolute atomic E-state index is 0.00931. The number of amides is 1. The molecule has 0 unspecified atom stereocenters. The van der Waals surface area contributed by atoms with Crippen LogP contribution in [-0.2, 0) is 20.9 Å². The van der Waals surface area contributed by atoms with Crippen LogP contribution in [0.15, 0.2) is 35.6 Å². The van der Waals surface area contributed by atoms with E-state index in [-0.39, 0.29) is 34.0 Å². The van der Waals surface area contributed by atoms with E-state index in [1.165, 1.54) is 38.6 Å². The first kappa shape index (κ1) is 21.6. The molecule has 4 heterocycles. The van der Waals surface area contributed by atoms with Crippen LogP contribution in [0.5, 0.6) is 0 Å². The van der Waals surface area contributed by atoms with Gasteiger partial charge in [0.25, 0.3) is 5.91 Å². The predicted molar refractivity (Wildman–Crippen MR) is 102 cm³/mol. The van der Waals surface area contributed by atoms with E-state index in [9.17, 15) is 26.4 Å². The zero-order valence-corrected chi connectivity index (χ0v) is 17.3. The van der Waals surface area contributed by atoms with Crippen LogP contribution in [0, 0.1) is 0 Å². The molecule has 0 atom stereocenters. The first-order chi connectivity index (χ1) is 15.1. The highest BCUT2D eigenvalue weighted by molar-refractivity contribution is 7.91. The molecule has 0 fully saturated rings. The van der Waals surface area contributed by atoms with E-state index in [2.05, 4.69) is 30.5 Å². The molecule has 0 aromatic carbocycles. The van der Waals surface area contributed by atoms with Gasteiger partial charge in [0.1, 0.15) is 5.69 Å². The number of fused-ring (bicyclic) bond motifs is 2. The molecular formula is C17H14F3N7O4S. The van der Waals surface area contributed by atoms with Crippen LogP contribution in [-0.4, -0.2) is 56.4 Å². The van der Waals surface area contributed by atoms with E-state index >= 15 is 0 Å². The van der Waals surface area contributed by atoms with Crippen LogP contribution in [0.3, 0.4) is 0 Å². The summed E-state index contributed by atoms with van der Waals surface area (Å²) in [5.74, 6) is -1.04. The van der Waals surface area contributed by atoms with Gasteiger partial charge in [-0.2, -0.15) is 23.4 Å². The normalized spacial score (nSPS) is 12.5. The van der Waals surface area contributed by atoms with Gasteiger partial charge in [-0.15, -0.1) is 0 Å². The van der Waals surface area contributed by atoms with Gasteiger partial charge in [0.05, 0.1) is 24.1 Å². The van der Waals surface area contributed by atoms with Crippen molar-refractivity contribution in [2.75, 3.05) is 12.9 Å². The Morgan fingerprint density at radius 2 is 2.00 bits per heavy atom. The molecule has 0 aliphatic heterocycles. The summed E-state index contributed by atoms with van der Waals surface area (Å²) in [5, 5.41) is 7.07. The van der Waals surface area contributed by atoms with Gasteiger partial charge >= 0.3 is 6.18 Å². The Morgan fingerprint density at radius 1 is 1.25 bits per heavy atom. The number of hydrogen-bond acceptors (Lipinski definition) is 8. The molecular weight excluding hydrogens is 455 g/mol. The Bertz CT molecular complexity index is 1460. The van der Waals surface area contributed by atoms with E-state index < -0.39 is 32.6 Å². The van der Waals surface area contributed by atoms with Gasteiger partial charge < -0.3 is 0 Å². The maximum Gasteiger partial charge on any atom is 0.435 e. The van der Waals surface area contributed by atoms with E-state index in [1.54, 1.807) is 0 Å². The average molecular weight is 469 g/mol. The van der Waals surface area contributed by atoms with Crippen LogP contribution < -0.4 is 5.48 Å². The number of aromatic nitrogens is 6. The number of halogens is 3. The molecule has 32 heavy (non-hydrogen) atoms. The zero-order chi connectivity index (χ0) is 23.3. The zero-order valence-electron chi connectivity index (χ0n) is 16.5. The molecule has 0 spiro atoms. The number of nitrogens with zero attached hydrogens (tertiary/aromatic N) is 6. The largest absolute Gasteiger partial charge is 0.435 e. The second kappa shape index (κ2) is 7.52. The first-order valence-corrected chi connectivity index (χ1v) is 10.6. The van der Waals surface area contributed by atoms with Crippen molar-refractivity contribution in [3.8, 4) is 11.3 Å². The highest BCUT2D eigenvalue weighted by atomic mass is 32.2. The van der Waals surface area contributed by atoms with E-state index in [4.69, 9.17) is 0 Å². The third kappa shape index (κ3) is 3.54. The Hall–Kier alpha value is -3.59. The summed E-state index contributed by atoms with van der Waals surface area (Å²) in [5.41, 5.74) is 0.603. The van der Waals surface area contributed by atoms with Crippen LogP contribution in [0.25, 0.3) is 22.6 Å². The number of rotatable bonds is 5. The van der Waals surface area contributed by atoms with Crippen molar-refractivity contribution in [3.05, 3.63) is 42.0 Å².